The van der Waals surface area contributed by atoms with E-state index in [4.69, 9.17) is 18.9 Å². The Hall–Kier alpha value is -3.00. The average molecular weight is 448 g/mol. The third-order valence-electron chi connectivity index (χ3n) is 5.23. The van der Waals surface area contributed by atoms with Crippen LogP contribution < -0.4 is 0 Å². The average Bonchev–Trinajstić information content (AvgIpc) is 2.97. The maximum Gasteiger partial charge on any atom is 0.269 e. The topological polar surface area (TPSA) is 164 Å². The van der Waals surface area contributed by atoms with Crippen LogP contribution in [0.5, 0.6) is 0 Å². The van der Waals surface area contributed by atoms with Crippen LogP contribution in [-0.2, 0) is 18.9 Å². The van der Waals surface area contributed by atoms with Crippen LogP contribution in [-0.4, -0.2) is 57.7 Å². The molecule has 2 fully saturated rings. The van der Waals surface area contributed by atoms with Crippen LogP contribution in [0.25, 0.3) is 0 Å². The molecule has 0 radical (unpaired) electrons. The molecular weight excluding hydrogens is 428 g/mol. The van der Waals surface area contributed by atoms with E-state index in [-0.39, 0.29) is 18.0 Å². The van der Waals surface area contributed by atoms with Crippen molar-refractivity contribution in [3.05, 3.63) is 79.9 Å². The molecule has 12 nitrogen and oxygen atoms in total. The highest BCUT2D eigenvalue weighted by molar-refractivity contribution is 5.36. The molecule has 2 saturated heterocycles. The van der Waals surface area contributed by atoms with E-state index in [1.165, 1.54) is 36.4 Å². The van der Waals surface area contributed by atoms with Gasteiger partial charge >= 0.3 is 0 Å². The molecule has 12 heteroatoms. The van der Waals surface area contributed by atoms with Crippen molar-refractivity contribution < 1.29 is 39.0 Å². The molecule has 2 aromatic carbocycles. The van der Waals surface area contributed by atoms with Gasteiger partial charge in [0.2, 0.25) is 0 Å². The maximum atomic E-state index is 11.1. The molecule has 2 unspecified atom stereocenters. The van der Waals surface area contributed by atoms with E-state index in [1.54, 1.807) is 12.1 Å². The summed E-state index contributed by atoms with van der Waals surface area (Å²) < 4.78 is 23.2. The Morgan fingerprint density at radius 1 is 0.875 bits per heavy atom. The molecule has 0 saturated carbocycles. The van der Waals surface area contributed by atoms with Crippen molar-refractivity contribution in [2.24, 2.45) is 0 Å². The van der Waals surface area contributed by atoms with Gasteiger partial charge in [-0.05, 0) is 0 Å². The first kappa shape index (κ1) is 22.2. The molecule has 0 spiro atoms. The fourth-order valence-corrected chi connectivity index (χ4v) is 3.69. The molecule has 2 N–H and O–H groups in total. The van der Waals surface area contributed by atoms with Crippen molar-refractivity contribution in [2.45, 2.75) is 37.0 Å². The highest BCUT2D eigenvalue weighted by atomic mass is 16.8. The third-order valence-corrected chi connectivity index (χ3v) is 5.23. The first-order valence-corrected chi connectivity index (χ1v) is 9.73. The van der Waals surface area contributed by atoms with Gasteiger partial charge in [-0.25, -0.2) is 0 Å². The fourth-order valence-electron chi connectivity index (χ4n) is 3.69. The molecule has 170 valence electrons. The summed E-state index contributed by atoms with van der Waals surface area (Å²) in [6, 6.07) is 11.3. The SMILES string of the molecule is O=[N+]([O-])c1cccc(C2OC[C@@H](O)[C@@H]3OC(c4cccc([N+](=O)[O-])c4)O[C@@H](CO)[C@@H]3O2)c1. The number of nitro benzene ring substituents is 2. The van der Waals surface area contributed by atoms with Crippen molar-refractivity contribution in [1.29, 1.82) is 0 Å². The van der Waals surface area contributed by atoms with Gasteiger partial charge < -0.3 is 29.2 Å². The van der Waals surface area contributed by atoms with Gasteiger partial charge in [0.1, 0.15) is 24.4 Å². The summed E-state index contributed by atoms with van der Waals surface area (Å²) in [6.07, 6.45) is -6.28. The quantitative estimate of drug-likeness (QED) is 0.509. The molecule has 0 amide bonds. The predicted molar refractivity (Wildman–Crippen MR) is 105 cm³/mol. The van der Waals surface area contributed by atoms with Gasteiger partial charge in [0.25, 0.3) is 11.4 Å². The van der Waals surface area contributed by atoms with E-state index in [1.807, 2.05) is 0 Å². The number of fused-ring (bicyclic) bond motifs is 1. The number of benzene rings is 2. The number of nitro groups is 2. The normalized spacial score (nSPS) is 30.2. The highest BCUT2D eigenvalue weighted by Crippen LogP contribution is 2.38. The summed E-state index contributed by atoms with van der Waals surface area (Å²) in [6.45, 7) is -0.710. The van der Waals surface area contributed by atoms with Crippen molar-refractivity contribution in [2.75, 3.05) is 13.2 Å². The lowest BCUT2D eigenvalue weighted by Crippen LogP contribution is -2.54. The first-order valence-electron chi connectivity index (χ1n) is 9.73. The molecule has 2 heterocycles. The molecule has 0 bridgehead atoms. The standard InChI is InChI=1S/C20H20N2O10/c23-9-16-18-17(31-20(30-16)12-4-2-6-14(8-12)22(27)28)15(24)10-29-19(32-18)11-3-1-5-13(7-11)21(25)26/h1-8,15-20,23-24H,9-10H2/t15-,16+,17+,18+,19?,20?/m1/s1. The molecule has 2 aromatic rings. The van der Waals surface area contributed by atoms with Crippen LogP contribution in [0, 0.1) is 20.2 Å². The monoisotopic (exact) mass is 448 g/mol. The second-order valence-electron chi connectivity index (χ2n) is 7.33. The second kappa shape index (κ2) is 9.24. The Kier molecular flexibility index (Phi) is 6.41. The van der Waals surface area contributed by atoms with E-state index in [0.29, 0.717) is 11.1 Å². The number of rotatable bonds is 5. The molecule has 32 heavy (non-hydrogen) atoms. The van der Waals surface area contributed by atoms with Crippen molar-refractivity contribution in [3.63, 3.8) is 0 Å². The van der Waals surface area contributed by atoms with Crippen LogP contribution in [0.15, 0.2) is 48.5 Å². The number of non-ortho nitro benzene ring substituents is 2. The summed E-state index contributed by atoms with van der Waals surface area (Å²) in [5.41, 5.74) is 0.369. The molecule has 0 aromatic heterocycles. The smallest absolute Gasteiger partial charge is 0.269 e. The van der Waals surface area contributed by atoms with Gasteiger partial charge in [0.05, 0.1) is 23.1 Å². The Balaban J connectivity index is 1.60. The Morgan fingerprint density at radius 2 is 1.44 bits per heavy atom. The van der Waals surface area contributed by atoms with E-state index in [2.05, 4.69) is 0 Å². The van der Waals surface area contributed by atoms with Crippen molar-refractivity contribution in [3.8, 4) is 0 Å². The molecule has 2 aliphatic rings. The van der Waals surface area contributed by atoms with Gasteiger partial charge in [-0.1, -0.05) is 24.3 Å². The Labute approximate surface area is 181 Å². The minimum atomic E-state index is -1.18. The summed E-state index contributed by atoms with van der Waals surface area (Å²) in [7, 11) is 0. The van der Waals surface area contributed by atoms with E-state index >= 15 is 0 Å². The molecular formula is C20H20N2O10. The molecule has 0 aliphatic carbocycles. The number of hydrogen-bond donors (Lipinski definition) is 2. The minimum Gasteiger partial charge on any atom is -0.394 e. The molecule has 6 atom stereocenters. The van der Waals surface area contributed by atoms with Crippen LogP contribution in [0.4, 0.5) is 11.4 Å². The lowest BCUT2D eigenvalue weighted by molar-refractivity contribution is -0.385. The number of nitrogens with zero attached hydrogens (tertiary/aromatic N) is 2. The Bertz CT molecular complexity index is 946. The summed E-state index contributed by atoms with van der Waals surface area (Å²) >= 11 is 0. The van der Waals surface area contributed by atoms with E-state index < -0.39 is 53.4 Å². The van der Waals surface area contributed by atoms with Crippen LogP contribution in [0.2, 0.25) is 0 Å². The zero-order valence-electron chi connectivity index (χ0n) is 16.6. The maximum absolute atomic E-state index is 11.1. The number of aliphatic hydroxyl groups is 2. The highest BCUT2D eigenvalue weighted by Gasteiger charge is 2.47. The number of ether oxygens (including phenoxy) is 4. The van der Waals surface area contributed by atoms with Gasteiger partial charge in [-0.3, -0.25) is 20.2 Å². The summed E-state index contributed by atoms with van der Waals surface area (Å²) in [4.78, 5) is 21.1. The van der Waals surface area contributed by atoms with E-state index in [9.17, 15) is 30.4 Å². The minimum absolute atomic E-state index is 0.156. The van der Waals surface area contributed by atoms with Gasteiger partial charge in [0, 0.05) is 35.4 Å². The summed E-state index contributed by atoms with van der Waals surface area (Å²) in [5, 5.41) is 42.7. The van der Waals surface area contributed by atoms with E-state index in [0.717, 1.165) is 0 Å². The van der Waals surface area contributed by atoms with Gasteiger partial charge in [-0.15, -0.1) is 0 Å². The third kappa shape index (κ3) is 4.46. The molecule has 2 aliphatic heterocycles. The van der Waals surface area contributed by atoms with Crippen LogP contribution in [0.1, 0.15) is 23.7 Å². The van der Waals surface area contributed by atoms with Crippen LogP contribution >= 0.6 is 0 Å². The lowest BCUT2D eigenvalue weighted by Gasteiger charge is -2.41. The molecule has 4 rings (SSSR count). The van der Waals surface area contributed by atoms with Gasteiger partial charge in [0.15, 0.2) is 12.6 Å². The number of aliphatic hydroxyl groups excluding tert-OH is 2. The zero-order chi connectivity index (χ0) is 22.8. The lowest BCUT2D eigenvalue weighted by atomic mass is 10.0. The first-order chi connectivity index (χ1) is 15.4. The second-order valence-corrected chi connectivity index (χ2v) is 7.33. The fraction of sp³-hybridized carbons (Fsp3) is 0.400. The predicted octanol–water partition coefficient (Wildman–Crippen LogP) is 1.75. The summed E-state index contributed by atoms with van der Waals surface area (Å²) in [5.74, 6) is 0. The van der Waals surface area contributed by atoms with Crippen LogP contribution in [0.3, 0.4) is 0 Å². The largest absolute Gasteiger partial charge is 0.394 e. The Morgan fingerprint density at radius 3 is 2.00 bits per heavy atom. The van der Waals surface area contributed by atoms with Gasteiger partial charge in [-0.2, -0.15) is 0 Å². The van der Waals surface area contributed by atoms with Crippen molar-refractivity contribution in [1.82, 2.24) is 0 Å². The zero-order valence-corrected chi connectivity index (χ0v) is 16.6. The number of hydrogen-bond acceptors (Lipinski definition) is 10. The van der Waals surface area contributed by atoms with Crippen molar-refractivity contribution >= 4 is 11.4 Å².